The highest BCUT2D eigenvalue weighted by Gasteiger charge is 2.44. The van der Waals surface area contributed by atoms with Crippen molar-refractivity contribution in [1.82, 2.24) is 10.6 Å². The molecule has 108 valence electrons. The van der Waals surface area contributed by atoms with Gasteiger partial charge in [0.1, 0.15) is 0 Å². The van der Waals surface area contributed by atoms with Crippen LogP contribution in [0.1, 0.15) is 52.4 Å². The molecular weight excluding hydrogens is 244 g/mol. The van der Waals surface area contributed by atoms with Crippen LogP contribution in [0.2, 0.25) is 0 Å². The van der Waals surface area contributed by atoms with Crippen LogP contribution in [0, 0.1) is 10.8 Å². The molecule has 2 aliphatic rings. The molecule has 2 saturated carbocycles. The molecule has 0 aromatic carbocycles. The van der Waals surface area contributed by atoms with Crippen LogP contribution in [-0.2, 0) is 4.79 Å². The van der Waals surface area contributed by atoms with Crippen molar-refractivity contribution >= 4 is 12.0 Å². The zero-order chi connectivity index (χ0) is 14.1. The predicted octanol–water partition coefficient (Wildman–Crippen LogP) is 2.12. The number of carbonyl (C=O) groups excluding carboxylic acids is 1. The molecule has 0 saturated heterocycles. The van der Waals surface area contributed by atoms with E-state index in [4.69, 9.17) is 0 Å². The molecule has 2 rings (SSSR count). The number of amides is 2. The number of rotatable bonds is 4. The normalized spacial score (nSPS) is 27.4. The van der Waals surface area contributed by atoms with E-state index in [1.807, 2.05) is 0 Å². The van der Waals surface area contributed by atoms with E-state index in [1.165, 1.54) is 0 Å². The molecular formula is C14H24N2O3. The van der Waals surface area contributed by atoms with E-state index in [0.717, 1.165) is 25.7 Å². The Hall–Kier alpha value is -1.26. The van der Waals surface area contributed by atoms with Gasteiger partial charge in [0.15, 0.2) is 0 Å². The van der Waals surface area contributed by atoms with Crippen molar-refractivity contribution < 1.29 is 14.7 Å². The summed E-state index contributed by atoms with van der Waals surface area (Å²) in [5.41, 5.74) is -0.583. The molecule has 0 bridgehead atoms. The molecule has 5 nitrogen and oxygen atoms in total. The van der Waals surface area contributed by atoms with Gasteiger partial charge in [-0.1, -0.05) is 26.7 Å². The van der Waals surface area contributed by atoms with Gasteiger partial charge in [0.05, 0.1) is 5.41 Å². The predicted molar refractivity (Wildman–Crippen MR) is 71.9 cm³/mol. The van der Waals surface area contributed by atoms with Gasteiger partial charge in [0.25, 0.3) is 0 Å². The fourth-order valence-electron chi connectivity index (χ4n) is 3.12. The van der Waals surface area contributed by atoms with Crippen molar-refractivity contribution in [2.75, 3.05) is 6.54 Å². The third-order valence-corrected chi connectivity index (χ3v) is 4.91. The van der Waals surface area contributed by atoms with Gasteiger partial charge in [0.2, 0.25) is 0 Å². The van der Waals surface area contributed by atoms with E-state index in [9.17, 15) is 14.7 Å². The number of urea groups is 1. The van der Waals surface area contributed by atoms with Crippen LogP contribution in [0.15, 0.2) is 0 Å². The number of nitrogens with one attached hydrogen (secondary N) is 2. The smallest absolute Gasteiger partial charge is 0.315 e. The zero-order valence-electron chi connectivity index (χ0n) is 11.8. The number of carbonyl (C=O) groups is 2. The fourth-order valence-corrected chi connectivity index (χ4v) is 3.12. The third-order valence-electron chi connectivity index (χ3n) is 4.91. The van der Waals surface area contributed by atoms with Gasteiger partial charge in [-0.15, -0.1) is 0 Å². The Bertz CT molecular complexity index is 375. The average Bonchev–Trinajstić information content (AvgIpc) is 2.56. The Morgan fingerprint density at radius 1 is 1.21 bits per heavy atom. The Morgan fingerprint density at radius 3 is 2.32 bits per heavy atom. The van der Waals surface area contributed by atoms with Crippen molar-refractivity contribution in [2.45, 2.75) is 58.4 Å². The van der Waals surface area contributed by atoms with E-state index < -0.39 is 11.4 Å². The maximum atomic E-state index is 11.9. The van der Waals surface area contributed by atoms with Gasteiger partial charge in [-0.3, -0.25) is 4.79 Å². The highest BCUT2D eigenvalue weighted by molar-refractivity contribution is 5.79. The van der Waals surface area contributed by atoms with Gasteiger partial charge >= 0.3 is 12.0 Å². The number of hydrogen-bond donors (Lipinski definition) is 3. The van der Waals surface area contributed by atoms with Crippen molar-refractivity contribution in [3.8, 4) is 0 Å². The zero-order valence-corrected chi connectivity index (χ0v) is 11.8. The Labute approximate surface area is 114 Å². The second-order valence-corrected chi connectivity index (χ2v) is 6.70. The summed E-state index contributed by atoms with van der Waals surface area (Å²) in [6.45, 7) is 4.56. The molecule has 2 fully saturated rings. The lowest BCUT2D eigenvalue weighted by Gasteiger charge is -2.37. The third kappa shape index (κ3) is 2.85. The maximum absolute atomic E-state index is 11.9. The van der Waals surface area contributed by atoms with Gasteiger partial charge in [-0.2, -0.15) is 0 Å². The molecule has 0 spiro atoms. The Balaban J connectivity index is 1.80. The molecule has 0 aliphatic heterocycles. The monoisotopic (exact) mass is 268 g/mol. The van der Waals surface area contributed by atoms with Crippen molar-refractivity contribution in [3.63, 3.8) is 0 Å². The highest BCUT2D eigenvalue weighted by atomic mass is 16.4. The minimum atomic E-state index is -0.791. The van der Waals surface area contributed by atoms with Crippen LogP contribution in [0.3, 0.4) is 0 Å². The molecule has 0 aromatic rings. The van der Waals surface area contributed by atoms with Gasteiger partial charge in [-0.25, -0.2) is 4.79 Å². The molecule has 19 heavy (non-hydrogen) atoms. The van der Waals surface area contributed by atoms with E-state index in [0.29, 0.717) is 12.8 Å². The maximum Gasteiger partial charge on any atom is 0.315 e. The quantitative estimate of drug-likeness (QED) is 0.730. The van der Waals surface area contributed by atoms with Crippen molar-refractivity contribution in [1.29, 1.82) is 0 Å². The SMILES string of the molecule is CC1(C)CCCC1NC(=O)NCC1(C(=O)O)CCC1. The molecule has 5 heteroatoms. The first-order chi connectivity index (χ1) is 8.86. The molecule has 2 aliphatic carbocycles. The number of carboxylic acids is 1. The summed E-state index contributed by atoms with van der Waals surface area (Å²) < 4.78 is 0. The summed E-state index contributed by atoms with van der Waals surface area (Å²) in [5, 5.41) is 14.9. The van der Waals surface area contributed by atoms with E-state index in [2.05, 4.69) is 24.5 Å². The summed E-state index contributed by atoms with van der Waals surface area (Å²) >= 11 is 0. The van der Waals surface area contributed by atoms with Gasteiger partial charge in [0, 0.05) is 12.6 Å². The summed E-state index contributed by atoms with van der Waals surface area (Å²) in [6, 6.07) is -0.0397. The molecule has 1 unspecified atom stereocenters. The summed E-state index contributed by atoms with van der Waals surface area (Å²) in [6.07, 6.45) is 5.53. The van der Waals surface area contributed by atoms with E-state index >= 15 is 0 Å². The van der Waals surface area contributed by atoms with Crippen LogP contribution in [0.4, 0.5) is 4.79 Å². The average molecular weight is 268 g/mol. The van der Waals surface area contributed by atoms with E-state index in [-0.39, 0.29) is 24.0 Å². The lowest BCUT2D eigenvalue weighted by Crippen LogP contribution is -2.52. The van der Waals surface area contributed by atoms with E-state index in [1.54, 1.807) is 0 Å². The highest BCUT2D eigenvalue weighted by Crippen LogP contribution is 2.40. The minimum absolute atomic E-state index is 0.137. The second kappa shape index (κ2) is 5.02. The molecule has 1 atom stereocenters. The summed E-state index contributed by atoms with van der Waals surface area (Å²) in [4.78, 5) is 23.1. The lowest BCUT2D eigenvalue weighted by molar-refractivity contribution is -0.153. The number of aliphatic carboxylic acids is 1. The topological polar surface area (TPSA) is 78.4 Å². The molecule has 0 heterocycles. The number of hydrogen-bond acceptors (Lipinski definition) is 2. The first-order valence-electron chi connectivity index (χ1n) is 7.14. The molecule has 0 radical (unpaired) electrons. The number of carboxylic acid groups (broad SMARTS) is 1. The van der Waals surface area contributed by atoms with Crippen molar-refractivity contribution in [3.05, 3.63) is 0 Å². The molecule has 3 N–H and O–H groups in total. The van der Waals surface area contributed by atoms with Crippen molar-refractivity contribution in [2.24, 2.45) is 10.8 Å². The fraction of sp³-hybridized carbons (Fsp3) is 0.857. The second-order valence-electron chi connectivity index (χ2n) is 6.70. The lowest BCUT2D eigenvalue weighted by atomic mass is 9.69. The Kier molecular flexibility index (Phi) is 3.74. The van der Waals surface area contributed by atoms with Crippen LogP contribution in [0.5, 0.6) is 0 Å². The molecule has 2 amide bonds. The summed E-state index contributed by atoms with van der Waals surface area (Å²) in [5.74, 6) is -0.791. The van der Waals surface area contributed by atoms with Gasteiger partial charge in [-0.05, 0) is 31.1 Å². The Morgan fingerprint density at radius 2 is 1.89 bits per heavy atom. The standard InChI is InChI=1S/C14H24N2O3/c1-13(2)6-3-5-10(13)16-12(19)15-9-14(11(17)18)7-4-8-14/h10H,3-9H2,1-2H3,(H,17,18)(H2,15,16,19). The first-order valence-corrected chi connectivity index (χ1v) is 7.14. The minimum Gasteiger partial charge on any atom is -0.481 e. The van der Waals surface area contributed by atoms with Crippen LogP contribution in [0.25, 0.3) is 0 Å². The van der Waals surface area contributed by atoms with Crippen LogP contribution >= 0.6 is 0 Å². The first kappa shape index (κ1) is 14.2. The van der Waals surface area contributed by atoms with Crippen LogP contribution in [-0.4, -0.2) is 29.7 Å². The summed E-state index contributed by atoms with van der Waals surface area (Å²) in [7, 11) is 0. The molecule has 0 aromatic heterocycles. The largest absolute Gasteiger partial charge is 0.481 e. The van der Waals surface area contributed by atoms with Gasteiger partial charge < -0.3 is 15.7 Å². The van der Waals surface area contributed by atoms with Crippen LogP contribution < -0.4 is 10.6 Å².